The maximum Gasteiger partial charge on any atom is 0.0991 e. The van der Waals surface area contributed by atoms with Crippen LogP contribution in [0.2, 0.25) is 0 Å². The van der Waals surface area contributed by atoms with E-state index in [0.29, 0.717) is 5.56 Å². The van der Waals surface area contributed by atoms with Crippen LogP contribution >= 0.6 is 0 Å². The van der Waals surface area contributed by atoms with Crippen molar-refractivity contribution in [3.63, 3.8) is 0 Å². The molecule has 0 aromatic heterocycles. The van der Waals surface area contributed by atoms with Crippen LogP contribution in [-0.4, -0.2) is 6.54 Å². The third kappa shape index (κ3) is 2.95. The Morgan fingerprint density at radius 2 is 1.58 bits per heavy atom. The molecule has 24 heavy (non-hydrogen) atoms. The first-order valence-corrected chi connectivity index (χ1v) is 8.26. The highest BCUT2D eigenvalue weighted by Crippen LogP contribution is 2.21. The van der Waals surface area contributed by atoms with Crippen LogP contribution in [0.5, 0.6) is 0 Å². The molecule has 0 saturated carbocycles. The highest BCUT2D eigenvalue weighted by molar-refractivity contribution is 5.87. The lowest BCUT2D eigenvalue weighted by Gasteiger charge is -2.17. The van der Waals surface area contributed by atoms with Crippen LogP contribution in [0.4, 0.5) is 0 Å². The highest BCUT2D eigenvalue weighted by atomic mass is 14.9. The Hall–Kier alpha value is -2.89. The SMILES string of the molecule is N#Cc1ccc2cc(/C=C/c3ccc4c(c3)CCNC4)ccc2c1. The van der Waals surface area contributed by atoms with Gasteiger partial charge in [0.15, 0.2) is 0 Å². The lowest BCUT2D eigenvalue weighted by Crippen LogP contribution is -2.23. The molecular weight excluding hydrogens is 292 g/mol. The number of nitrogens with zero attached hydrogens (tertiary/aromatic N) is 1. The fourth-order valence-electron chi connectivity index (χ4n) is 3.23. The lowest BCUT2D eigenvalue weighted by molar-refractivity contribution is 0.643. The van der Waals surface area contributed by atoms with Gasteiger partial charge < -0.3 is 5.32 Å². The summed E-state index contributed by atoms with van der Waals surface area (Å²) in [6, 6.07) is 21.0. The lowest BCUT2D eigenvalue weighted by atomic mass is 9.98. The largest absolute Gasteiger partial charge is 0.312 e. The molecule has 4 rings (SSSR count). The van der Waals surface area contributed by atoms with Crippen LogP contribution in [-0.2, 0) is 13.0 Å². The number of fused-ring (bicyclic) bond motifs is 2. The summed E-state index contributed by atoms with van der Waals surface area (Å²) in [6.07, 6.45) is 5.43. The molecule has 2 heteroatoms. The second-order valence-electron chi connectivity index (χ2n) is 6.22. The molecule has 1 heterocycles. The van der Waals surface area contributed by atoms with Crippen molar-refractivity contribution in [3.8, 4) is 6.07 Å². The minimum absolute atomic E-state index is 0.703. The van der Waals surface area contributed by atoms with Gasteiger partial charge in [0.2, 0.25) is 0 Å². The van der Waals surface area contributed by atoms with Crippen molar-refractivity contribution in [2.75, 3.05) is 6.54 Å². The standard InChI is InChI=1S/C22H18N2/c23-14-18-5-7-19-11-16(3-6-20(19)13-18)1-2-17-4-8-22-15-24-10-9-21(22)12-17/h1-8,11-13,24H,9-10,15H2/b2-1+. The molecule has 0 bridgehead atoms. The first-order valence-electron chi connectivity index (χ1n) is 8.26. The Bertz CT molecular complexity index is 977. The molecule has 0 unspecified atom stereocenters. The average Bonchev–Trinajstić information content (AvgIpc) is 2.65. The van der Waals surface area contributed by atoms with Crippen LogP contribution in [0.1, 0.15) is 27.8 Å². The quantitative estimate of drug-likeness (QED) is 0.706. The fourth-order valence-corrected chi connectivity index (χ4v) is 3.23. The second-order valence-corrected chi connectivity index (χ2v) is 6.22. The molecule has 3 aromatic carbocycles. The van der Waals surface area contributed by atoms with Gasteiger partial charge in [-0.15, -0.1) is 0 Å². The number of benzene rings is 3. The number of nitriles is 1. The van der Waals surface area contributed by atoms with Crippen LogP contribution in [0.15, 0.2) is 54.6 Å². The van der Waals surface area contributed by atoms with Gasteiger partial charge >= 0.3 is 0 Å². The van der Waals surface area contributed by atoms with E-state index in [9.17, 15) is 0 Å². The molecular formula is C22H18N2. The van der Waals surface area contributed by atoms with Crippen LogP contribution in [0, 0.1) is 11.3 Å². The third-order valence-corrected chi connectivity index (χ3v) is 4.58. The van der Waals surface area contributed by atoms with Crippen LogP contribution in [0.25, 0.3) is 22.9 Å². The predicted molar refractivity (Wildman–Crippen MR) is 99.4 cm³/mol. The van der Waals surface area contributed by atoms with E-state index in [0.717, 1.165) is 30.3 Å². The van der Waals surface area contributed by atoms with Crippen molar-refractivity contribution in [1.82, 2.24) is 5.32 Å². The predicted octanol–water partition coefficient (Wildman–Crippen LogP) is 4.53. The van der Waals surface area contributed by atoms with Crippen molar-refractivity contribution in [2.24, 2.45) is 0 Å². The molecule has 0 radical (unpaired) electrons. The molecule has 0 spiro atoms. The van der Waals surface area contributed by atoms with E-state index >= 15 is 0 Å². The molecule has 3 aromatic rings. The van der Waals surface area contributed by atoms with Gasteiger partial charge in [-0.05, 0) is 64.2 Å². The Labute approximate surface area is 142 Å². The fraction of sp³-hybridized carbons (Fsp3) is 0.136. The van der Waals surface area contributed by atoms with E-state index in [4.69, 9.17) is 5.26 Å². The Morgan fingerprint density at radius 3 is 2.46 bits per heavy atom. The van der Waals surface area contributed by atoms with Gasteiger partial charge in [-0.2, -0.15) is 5.26 Å². The van der Waals surface area contributed by atoms with Crippen molar-refractivity contribution < 1.29 is 0 Å². The van der Waals surface area contributed by atoms with Gasteiger partial charge in [0, 0.05) is 6.54 Å². The molecule has 1 aliphatic heterocycles. The summed E-state index contributed by atoms with van der Waals surface area (Å²) in [6.45, 7) is 2.05. The first kappa shape index (κ1) is 14.7. The molecule has 0 atom stereocenters. The molecule has 0 amide bonds. The van der Waals surface area contributed by atoms with Crippen molar-refractivity contribution in [1.29, 1.82) is 5.26 Å². The van der Waals surface area contributed by atoms with Crippen molar-refractivity contribution in [3.05, 3.63) is 82.4 Å². The van der Waals surface area contributed by atoms with Gasteiger partial charge in [-0.3, -0.25) is 0 Å². The smallest absolute Gasteiger partial charge is 0.0991 e. The summed E-state index contributed by atoms with van der Waals surface area (Å²) in [5.41, 5.74) is 5.99. The summed E-state index contributed by atoms with van der Waals surface area (Å²) >= 11 is 0. The zero-order valence-corrected chi connectivity index (χ0v) is 13.4. The minimum Gasteiger partial charge on any atom is -0.312 e. The summed E-state index contributed by atoms with van der Waals surface area (Å²) in [5, 5.41) is 14.7. The number of rotatable bonds is 2. The van der Waals surface area contributed by atoms with E-state index in [2.05, 4.69) is 59.9 Å². The second kappa shape index (κ2) is 6.31. The summed E-state index contributed by atoms with van der Waals surface area (Å²) in [7, 11) is 0. The summed E-state index contributed by atoms with van der Waals surface area (Å²) in [4.78, 5) is 0. The van der Waals surface area contributed by atoms with E-state index in [1.165, 1.54) is 22.3 Å². The van der Waals surface area contributed by atoms with Gasteiger partial charge in [0.25, 0.3) is 0 Å². The maximum absolute atomic E-state index is 8.98. The number of nitrogens with one attached hydrogen (secondary N) is 1. The molecule has 116 valence electrons. The van der Waals surface area contributed by atoms with Crippen molar-refractivity contribution in [2.45, 2.75) is 13.0 Å². The normalized spacial score (nSPS) is 13.8. The Morgan fingerprint density at radius 1 is 0.833 bits per heavy atom. The topological polar surface area (TPSA) is 35.8 Å². The third-order valence-electron chi connectivity index (χ3n) is 4.58. The molecule has 0 fully saturated rings. The van der Waals surface area contributed by atoms with Gasteiger partial charge in [-0.25, -0.2) is 0 Å². The van der Waals surface area contributed by atoms with E-state index in [1.807, 2.05) is 18.2 Å². The maximum atomic E-state index is 8.98. The van der Waals surface area contributed by atoms with Gasteiger partial charge in [-0.1, -0.05) is 48.6 Å². The van der Waals surface area contributed by atoms with E-state index in [1.54, 1.807) is 0 Å². The van der Waals surface area contributed by atoms with Crippen molar-refractivity contribution >= 4 is 22.9 Å². The monoisotopic (exact) mass is 310 g/mol. The molecule has 0 saturated heterocycles. The Kier molecular flexibility index (Phi) is 3.86. The molecule has 1 aliphatic rings. The molecule has 2 nitrogen and oxygen atoms in total. The zero-order chi connectivity index (χ0) is 16.4. The van der Waals surface area contributed by atoms with E-state index < -0.39 is 0 Å². The number of hydrogen-bond donors (Lipinski definition) is 1. The van der Waals surface area contributed by atoms with Gasteiger partial charge in [0.05, 0.1) is 11.6 Å². The van der Waals surface area contributed by atoms with Gasteiger partial charge in [0.1, 0.15) is 0 Å². The molecule has 1 N–H and O–H groups in total. The number of hydrogen-bond acceptors (Lipinski definition) is 2. The highest BCUT2D eigenvalue weighted by Gasteiger charge is 2.07. The molecule has 0 aliphatic carbocycles. The van der Waals surface area contributed by atoms with Crippen LogP contribution in [0.3, 0.4) is 0 Å². The van der Waals surface area contributed by atoms with Crippen LogP contribution < -0.4 is 5.32 Å². The summed E-state index contributed by atoms with van der Waals surface area (Å²) in [5.74, 6) is 0. The first-order chi connectivity index (χ1) is 11.8. The summed E-state index contributed by atoms with van der Waals surface area (Å²) < 4.78 is 0. The van der Waals surface area contributed by atoms with E-state index in [-0.39, 0.29) is 0 Å². The minimum atomic E-state index is 0.703. The average molecular weight is 310 g/mol. The Balaban J connectivity index is 1.61. The zero-order valence-electron chi connectivity index (χ0n) is 13.4.